The van der Waals surface area contributed by atoms with Gasteiger partial charge in [0, 0.05) is 25.5 Å². The number of ether oxygens (including phenoxy) is 1. The molecule has 1 aromatic carbocycles. The summed E-state index contributed by atoms with van der Waals surface area (Å²) >= 11 is 6.16. The van der Waals surface area contributed by atoms with E-state index in [-0.39, 0.29) is 6.04 Å². The first kappa shape index (κ1) is 23.8. The molecule has 0 aliphatic carbocycles. The van der Waals surface area contributed by atoms with E-state index < -0.39 is 11.7 Å². The van der Waals surface area contributed by atoms with Crippen LogP contribution >= 0.6 is 11.6 Å². The lowest BCUT2D eigenvalue weighted by molar-refractivity contribution is 0.0495. The first-order valence-corrected chi connectivity index (χ1v) is 10.9. The van der Waals surface area contributed by atoms with E-state index in [0.29, 0.717) is 18.2 Å². The number of nitrogens with one attached hydrogen (secondary N) is 1. The van der Waals surface area contributed by atoms with Crippen LogP contribution in [0.3, 0.4) is 0 Å². The van der Waals surface area contributed by atoms with E-state index >= 15 is 0 Å². The van der Waals surface area contributed by atoms with Crippen molar-refractivity contribution in [1.82, 2.24) is 25.0 Å². The van der Waals surface area contributed by atoms with E-state index in [2.05, 4.69) is 20.3 Å². The van der Waals surface area contributed by atoms with E-state index in [1.54, 1.807) is 16.9 Å². The summed E-state index contributed by atoms with van der Waals surface area (Å²) in [4.78, 5) is 19.0. The van der Waals surface area contributed by atoms with Gasteiger partial charge in [-0.3, -0.25) is 4.68 Å². The number of aromatic nitrogens is 3. The van der Waals surface area contributed by atoms with Crippen molar-refractivity contribution in [2.45, 2.75) is 32.4 Å². The number of hydrogen-bond donors (Lipinski definition) is 1. The Kier molecular flexibility index (Phi) is 7.53. The molecule has 0 saturated heterocycles. The summed E-state index contributed by atoms with van der Waals surface area (Å²) in [5.74, 6) is 0. The second kappa shape index (κ2) is 10.1. The third-order valence-electron chi connectivity index (χ3n) is 4.79. The summed E-state index contributed by atoms with van der Waals surface area (Å²) in [7, 11) is 3.89. The second-order valence-electron chi connectivity index (χ2n) is 8.77. The third kappa shape index (κ3) is 6.55. The molecule has 0 bridgehead atoms. The Labute approximate surface area is 194 Å². The molecule has 1 amide bonds. The van der Waals surface area contributed by atoms with Crippen LogP contribution in [0, 0.1) is 0 Å². The van der Waals surface area contributed by atoms with Gasteiger partial charge in [-0.2, -0.15) is 5.10 Å². The Morgan fingerprint density at radius 3 is 2.72 bits per heavy atom. The number of carbonyl (C=O) groups is 1. The number of amides is 1. The van der Waals surface area contributed by atoms with Crippen molar-refractivity contribution < 1.29 is 9.53 Å². The Balaban J connectivity index is 1.69. The molecule has 170 valence electrons. The molecular formula is C24H30ClN5O2. The fourth-order valence-electron chi connectivity index (χ4n) is 3.42. The molecule has 0 unspecified atom stereocenters. The maximum absolute atomic E-state index is 12.4. The Morgan fingerprint density at radius 1 is 1.31 bits per heavy atom. The second-order valence-corrected chi connectivity index (χ2v) is 9.16. The van der Waals surface area contributed by atoms with Gasteiger partial charge >= 0.3 is 6.09 Å². The van der Waals surface area contributed by atoms with Crippen molar-refractivity contribution in [3.63, 3.8) is 0 Å². The molecule has 0 radical (unpaired) electrons. The third-order valence-corrected chi connectivity index (χ3v) is 4.99. The molecule has 0 saturated carbocycles. The molecule has 2 heterocycles. The van der Waals surface area contributed by atoms with Gasteiger partial charge in [-0.05, 0) is 45.5 Å². The van der Waals surface area contributed by atoms with Gasteiger partial charge in [0.05, 0.1) is 23.4 Å². The molecule has 1 atom stereocenters. The number of aryl methyl sites for hydroxylation is 1. The zero-order valence-electron chi connectivity index (χ0n) is 19.2. The van der Waals surface area contributed by atoms with Crippen LogP contribution in [-0.4, -0.2) is 51.5 Å². The van der Waals surface area contributed by atoms with Crippen LogP contribution in [0.2, 0.25) is 5.15 Å². The van der Waals surface area contributed by atoms with Gasteiger partial charge in [-0.1, -0.05) is 48.0 Å². The maximum atomic E-state index is 12.4. The van der Waals surface area contributed by atoms with Crippen molar-refractivity contribution in [3.8, 4) is 0 Å². The summed E-state index contributed by atoms with van der Waals surface area (Å²) in [5, 5.41) is 8.67. The lowest BCUT2D eigenvalue weighted by Gasteiger charge is -2.27. The van der Waals surface area contributed by atoms with Crippen LogP contribution in [0.25, 0.3) is 17.0 Å². The molecule has 3 aromatic rings. The number of hydrogen-bond acceptors (Lipinski definition) is 5. The van der Waals surface area contributed by atoms with Crippen LogP contribution in [-0.2, 0) is 11.8 Å². The van der Waals surface area contributed by atoms with Crippen molar-refractivity contribution >= 4 is 34.7 Å². The van der Waals surface area contributed by atoms with Crippen LogP contribution in [0.4, 0.5) is 4.79 Å². The van der Waals surface area contributed by atoms with Gasteiger partial charge in [0.15, 0.2) is 0 Å². The zero-order valence-corrected chi connectivity index (χ0v) is 19.9. The predicted octanol–water partition coefficient (Wildman–Crippen LogP) is 4.83. The number of nitrogens with zero attached hydrogens (tertiary/aromatic N) is 4. The number of pyridine rings is 1. The van der Waals surface area contributed by atoms with Gasteiger partial charge in [0.25, 0.3) is 0 Å². The first-order chi connectivity index (χ1) is 15.1. The van der Waals surface area contributed by atoms with Gasteiger partial charge < -0.3 is 15.0 Å². The summed E-state index contributed by atoms with van der Waals surface area (Å²) < 4.78 is 7.24. The average Bonchev–Trinajstić information content (AvgIpc) is 3.07. The highest BCUT2D eigenvalue weighted by Gasteiger charge is 2.21. The molecule has 1 N–H and O–H groups in total. The zero-order chi connectivity index (χ0) is 23.3. The SMILES string of the molecule is CN(CC=Cc1nc(Cl)cc2cnn(C)c12)C[C@@H](NC(=O)OC(C)(C)C)c1ccccc1. The maximum Gasteiger partial charge on any atom is 0.408 e. The quantitative estimate of drug-likeness (QED) is 0.516. The van der Waals surface area contributed by atoms with Crippen LogP contribution < -0.4 is 5.32 Å². The summed E-state index contributed by atoms with van der Waals surface area (Å²) in [6, 6.07) is 11.5. The van der Waals surface area contributed by atoms with E-state index in [1.807, 2.05) is 77.4 Å². The van der Waals surface area contributed by atoms with Gasteiger partial charge in [0.2, 0.25) is 0 Å². The van der Waals surface area contributed by atoms with Crippen molar-refractivity contribution in [2.75, 3.05) is 20.1 Å². The van der Waals surface area contributed by atoms with Crippen LogP contribution in [0.1, 0.15) is 38.1 Å². The van der Waals surface area contributed by atoms with E-state index in [1.165, 1.54) is 0 Å². The highest BCUT2D eigenvalue weighted by atomic mass is 35.5. The molecule has 0 spiro atoms. The molecule has 0 aliphatic heterocycles. The average molecular weight is 456 g/mol. The summed E-state index contributed by atoms with van der Waals surface area (Å²) in [6.07, 6.45) is 5.32. The van der Waals surface area contributed by atoms with Crippen LogP contribution in [0.5, 0.6) is 0 Å². The minimum atomic E-state index is -0.555. The lowest BCUT2D eigenvalue weighted by atomic mass is 10.1. The molecule has 8 heteroatoms. The van der Waals surface area contributed by atoms with E-state index in [9.17, 15) is 4.79 Å². The van der Waals surface area contributed by atoms with E-state index in [4.69, 9.17) is 16.3 Å². The number of alkyl carbamates (subject to hydrolysis) is 1. The van der Waals surface area contributed by atoms with Crippen molar-refractivity contribution in [1.29, 1.82) is 0 Å². The fraction of sp³-hybridized carbons (Fsp3) is 0.375. The highest BCUT2D eigenvalue weighted by molar-refractivity contribution is 6.30. The largest absolute Gasteiger partial charge is 0.444 e. The standard InChI is InChI=1S/C24H30ClN5O2/c1-24(2,3)32-23(31)28-20(17-10-7-6-8-11-17)16-29(4)13-9-12-19-22-18(14-21(25)27-19)15-26-30(22)5/h6-12,14-15,20H,13,16H2,1-5H3,(H,28,31)/t20-/m1/s1. The Hall–Kier alpha value is -2.90. The van der Waals surface area contributed by atoms with Gasteiger partial charge in [-0.25, -0.2) is 9.78 Å². The molecular weight excluding hydrogens is 426 g/mol. The Morgan fingerprint density at radius 2 is 2.03 bits per heavy atom. The topological polar surface area (TPSA) is 72.3 Å². The normalized spacial score (nSPS) is 13.1. The number of likely N-dealkylation sites (N-methyl/N-ethyl adjacent to an activating group) is 1. The molecule has 0 fully saturated rings. The molecule has 7 nitrogen and oxygen atoms in total. The minimum absolute atomic E-state index is 0.211. The highest BCUT2D eigenvalue weighted by Crippen LogP contribution is 2.21. The minimum Gasteiger partial charge on any atom is -0.444 e. The lowest BCUT2D eigenvalue weighted by Crippen LogP contribution is -2.39. The molecule has 3 rings (SSSR count). The smallest absolute Gasteiger partial charge is 0.408 e. The number of fused-ring (bicyclic) bond motifs is 1. The number of carbonyl (C=O) groups excluding carboxylic acids is 1. The summed E-state index contributed by atoms with van der Waals surface area (Å²) in [5.41, 5.74) is 2.16. The monoisotopic (exact) mass is 455 g/mol. The Bertz CT molecular complexity index is 1090. The van der Waals surface area contributed by atoms with Crippen molar-refractivity contribution in [3.05, 3.63) is 65.1 Å². The molecule has 0 aliphatic rings. The number of rotatable bonds is 7. The van der Waals surface area contributed by atoms with E-state index in [0.717, 1.165) is 22.2 Å². The first-order valence-electron chi connectivity index (χ1n) is 10.5. The molecule has 32 heavy (non-hydrogen) atoms. The number of halogens is 1. The fourth-order valence-corrected chi connectivity index (χ4v) is 3.63. The predicted molar refractivity (Wildman–Crippen MR) is 129 cm³/mol. The molecule has 2 aromatic heterocycles. The van der Waals surface area contributed by atoms with Gasteiger partial charge in [-0.15, -0.1) is 0 Å². The van der Waals surface area contributed by atoms with Crippen LogP contribution in [0.15, 0.2) is 48.7 Å². The number of benzene rings is 1. The summed E-state index contributed by atoms with van der Waals surface area (Å²) in [6.45, 7) is 6.82. The van der Waals surface area contributed by atoms with Gasteiger partial charge in [0.1, 0.15) is 10.8 Å². The van der Waals surface area contributed by atoms with Crippen molar-refractivity contribution in [2.24, 2.45) is 7.05 Å².